The Hall–Kier alpha value is -6.00. The van der Waals surface area contributed by atoms with Crippen molar-refractivity contribution in [2.75, 3.05) is 0 Å². The molecule has 9 aromatic rings. The largest absolute Gasteiger partial charge is 0.456 e. The predicted molar refractivity (Wildman–Crippen MR) is 192 cm³/mol. The molecule has 0 saturated carbocycles. The van der Waals surface area contributed by atoms with Crippen molar-refractivity contribution in [1.29, 1.82) is 0 Å². The van der Waals surface area contributed by atoms with E-state index in [4.69, 9.17) is 4.42 Å². The average Bonchev–Trinajstić information content (AvgIpc) is 3.73. The van der Waals surface area contributed by atoms with E-state index in [0.29, 0.717) is 0 Å². The molecule has 0 radical (unpaired) electrons. The Morgan fingerprint density at radius 2 is 1.21 bits per heavy atom. The Kier molecular flexibility index (Phi) is 5.31. The standard InChI is InChI=1S/C43H29N3O/c1-43(2)35-11-4-3-10-30(35)31-22-34-41(23-36(31)43)47-40-13-5-12-39(42(34)40)46-37-16-14-26(28-8-6-18-44-24-28)20-32(37)33-21-27(15-17-38(33)46)29-9-7-19-45-25-29/h3-25H,1-2H3. The number of hydrogen-bond donors (Lipinski definition) is 0. The van der Waals surface area contributed by atoms with Gasteiger partial charge in [0.15, 0.2) is 0 Å². The van der Waals surface area contributed by atoms with Crippen molar-refractivity contribution in [2.45, 2.75) is 19.3 Å². The maximum absolute atomic E-state index is 6.66. The first-order chi connectivity index (χ1) is 23.1. The molecule has 4 heteroatoms. The summed E-state index contributed by atoms with van der Waals surface area (Å²) in [5.74, 6) is 0. The first kappa shape index (κ1) is 26.2. The van der Waals surface area contributed by atoms with Gasteiger partial charge in [0.05, 0.1) is 22.1 Å². The number of hydrogen-bond acceptors (Lipinski definition) is 3. The molecule has 4 nitrogen and oxygen atoms in total. The second-order valence-corrected chi connectivity index (χ2v) is 13.1. The third kappa shape index (κ3) is 3.70. The molecule has 0 unspecified atom stereocenters. The summed E-state index contributed by atoms with van der Waals surface area (Å²) in [5, 5.41) is 4.64. The number of furan rings is 1. The Morgan fingerprint density at radius 1 is 0.532 bits per heavy atom. The Morgan fingerprint density at radius 3 is 1.87 bits per heavy atom. The maximum Gasteiger partial charge on any atom is 0.137 e. The number of aromatic nitrogens is 3. The molecule has 0 spiro atoms. The summed E-state index contributed by atoms with van der Waals surface area (Å²) >= 11 is 0. The van der Waals surface area contributed by atoms with Gasteiger partial charge in [-0.05, 0) is 94.0 Å². The molecule has 0 aliphatic heterocycles. The molecule has 4 heterocycles. The first-order valence-electron chi connectivity index (χ1n) is 16.1. The van der Waals surface area contributed by atoms with Gasteiger partial charge in [-0.1, -0.05) is 68.4 Å². The number of benzene rings is 5. The predicted octanol–water partition coefficient (Wildman–Crippen LogP) is 11.1. The lowest BCUT2D eigenvalue weighted by Crippen LogP contribution is -2.14. The molecule has 222 valence electrons. The molecular weight excluding hydrogens is 574 g/mol. The van der Waals surface area contributed by atoms with Crippen LogP contribution in [-0.4, -0.2) is 14.5 Å². The second kappa shape index (κ2) is 9.51. The highest BCUT2D eigenvalue weighted by Gasteiger charge is 2.36. The molecule has 4 aromatic heterocycles. The van der Waals surface area contributed by atoms with Crippen LogP contribution in [0.5, 0.6) is 0 Å². The number of pyridine rings is 2. The van der Waals surface area contributed by atoms with Crippen molar-refractivity contribution in [3.63, 3.8) is 0 Å². The zero-order chi connectivity index (χ0) is 31.3. The van der Waals surface area contributed by atoms with E-state index < -0.39 is 0 Å². The van der Waals surface area contributed by atoms with Gasteiger partial charge in [-0.2, -0.15) is 0 Å². The Bertz CT molecular complexity index is 2600. The van der Waals surface area contributed by atoms with Gasteiger partial charge in [-0.25, -0.2) is 0 Å². The minimum absolute atomic E-state index is 0.0906. The van der Waals surface area contributed by atoms with Crippen LogP contribution in [0.1, 0.15) is 25.0 Å². The average molecular weight is 604 g/mol. The van der Waals surface area contributed by atoms with Crippen LogP contribution in [0.4, 0.5) is 0 Å². The minimum Gasteiger partial charge on any atom is -0.456 e. The van der Waals surface area contributed by atoms with E-state index in [-0.39, 0.29) is 5.41 Å². The molecular formula is C43H29N3O. The summed E-state index contributed by atoms with van der Waals surface area (Å²) in [4.78, 5) is 8.78. The van der Waals surface area contributed by atoms with Crippen LogP contribution in [0.15, 0.2) is 144 Å². The van der Waals surface area contributed by atoms with Gasteiger partial charge in [-0.3, -0.25) is 9.97 Å². The van der Waals surface area contributed by atoms with Gasteiger partial charge < -0.3 is 8.98 Å². The van der Waals surface area contributed by atoms with Gasteiger partial charge in [0.25, 0.3) is 0 Å². The third-order valence-corrected chi connectivity index (χ3v) is 10.2. The normalized spacial score (nSPS) is 13.5. The van der Waals surface area contributed by atoms with E-state index in [1.54, 1.807) is 0 Å². The molecule has 5 aromatic carbocycles. The van der Waals surface area contributed by atoms with Crippen LogP contribution in [0.3, 0.4) is 0 Å². The monoisotopic (exact) mass is 603 g/mol. The summed E-state index contributed by atoms with van der Waals surface area (Å²) < 4.78 is 9.07. The minimum atomic E-state index is -0.0906. The summed E-state index contributed by atoms with van der Waals surface area (Å²) in [6, 6.07) is 41.6. The quantitative estimate of drug-likeness (QED) is 0.202. The van der Waals surface area contributed by atoms with Crippen LogP contribution < -0.4 is 0 Å². The van der Waals surface area contributed by atoms with Crippen molar-refractivity contribution in [3.05, 3.63) is 151 Å². The molecule has 10 rings (SSSR count). The zero-order valence-corrected chi connectivity index (χ0v) is 26.0. The smallest absolute Gasteiger partial charge is 0.137 e. The maximum atomic E-state index is 6.66. The van der Waals surface area contributed by atoms with Crippen molar-refractivity contribution in [1.82, 2.24) is 14.5 Å². The van der Waals surface area contributed by atoms with Crippen molar-refractivity contribution in [3.8, 4) is 39.1 Å². The number of fused-ring (bicyclic) bond motifs is 9. The Labute approximate surface area is 271 Å². The van der Waals surface area contributed by atoms with Crippen molar-refractivity contribution < 1.29 is 4.42 Å². The summed E-state index contributed by atoms with van der Waals surface area (Å²) in [5.41, 5.74) is 14.9. The lowest BCUT2D eigenvalue weighted by atomic mass is 9.82. The van der Waals surface area contributed by atoms with Gasteiger partial charge in [0, 0.05) is 57.5 Å². The fraction of sp³-hybridized carbons (Fsp3) is 0.0698. The SMILES string of the molecule is CC1(C)c2ccccc2-c2cc3c(cc21)oc1cccc(-n2c4ccc(-c5cccnc5)cc4c4cc(-c5cccnc5)ccc42)c13. The van der Waals surface area contributed by atoms with Crippen LogP contribution >= 0.6 is 0 Å². The molecule has 0 fully saturated rings. The highest BCUT2D eigenvalue weighted by molar-refractivity contribution is 6.16. The van der Waals surface area contributed by atoms with E-state index in [1.807, 2.05) is 36.9 Å². The summed E-state index contributed by atoms with van der Waals surface area (Å²) in [6.45, 7) is 4.63. The van der Waals surface area contributed by atoms with E-state index in [9.17, 15) is 0 Å². The molecule has 0 N–H and O–H groups in total. The molecule has 0 saturated heterocycles. The van der Waals surface area contributed by atoms with Gasteiger partial charge in [0.1, 0.15) is 11.2 Å². The molecule has 1 aliphatic rings. The summed E-state index contributed by atoms with van der Waals surface area (Å²) in [7, 11) is 0. The van der Waals surface area contributed by atoms with Crippen LogP contribution in [0.2, 0.25) is 0 Å². The van der Waals surface area contributed by atoms with Gasteiger partial charge >= 0.3 is 0 Å². The van der Waals surface area contributed by atoms with Crippen molar-refractivity contribution >= 4 is 43.7 Å². The zero-order valence-electron chi connectivity index (χ0n) is 26.0. The van der Waals surface area contributed by atoms with Crippen LogP contribution in [-0.2, 0) is 5.41 Å². The lowest BCUT2D eigenvalue weighted by molar-refractivity contribution is 0.647. The number of rotatable bonds is 3. The Balaban J connectivity index is 1.28. The third-order valence-electron chi connectivity index (χ3n) is 10.2. The fourth-order valence-electron chi connectivity index (χ4n) is 7.90. The second-order valence-electron chi connectivity index (χ2n) is 13.1. The highest BCUT2D eigenvalue weighted by Crippen LogP contribution is 2.51. The van der Waals surface area contributed by atoms with E-state index in [2.05, 4.69) is 132 Å². The topological polar surface area (TPSA) is 43.9 Å². The van der Waals surface area contributed by atoms with E-state index in [1.165, 1.54) is 33.0 Å². The highest BCUT2D eigenvalue weighted by atomic mass is 16.3. The molecule has 0 atom stereocenters. The first-order valence-corrected chi connectivity index (χ1v) is 16.1. The van der Waals surface area contributed by atoms with Crippen molar-refractivity contribution in [2.24, 2.45) is 0 Å². The summed E-state index contributed by atoms with van der Waals surface area (Å²) in [6.07, 6.45) is 7.49. The molecule has 0 bridgehead atoms. The van der Waals surface area contributed by atoms with Gasteiger partial charge in [-0.15, -0.1) is 0 Å². The molecule has 1 aliphatic carbocycles. The molecule has 0 amide bonds. The van der Waals surface area contributed by atoms with E-state index in [0.717, 1.165) is 60.9 Å². The number of nitrogens with zero attached hydrogens (tertiary/aromatic N) is 3. The fourth-order valence-corrected chi connectivity index (χ4v) is 7.90. The van der Waals surface area contributed by atoms with E-state index >= 15 is 0 Å². The lowest BCUT2D eigenvalue weighted by Gasteiger charge is -2.21. The van der Waals surface area contributed by atoms with Crippen LogP contribution in [0, 0.1) is 0 Å². The van der Waals surface area contributed by atoms with Crippen LogP contribution in [0.25, 0.3) is 82.8 Å². The molecule has 47 heavy (non-hydrogen) atoms. The van der Waals surface area contributed by atoms with Gasteiger partial charge in [0.2, 0.25) is 0 Å².